The lowest BCUT2D eigenvalue weighted by atomic mass is 10.2. The van der Waals surface area contributed by atoms with Gasteiger partial charge < -0.3 is 9.47 Å². The van der Waals surface area contributed by atoms with Crippen LogP contribution < -0.4 is 10.2 Å². The minimum Gasteiger partial charge on any atom is -0.444 e. The van der Waals surface area contributed by atoms with Gasteiger partial charge in [-0.05, 0) is 88.4 Å². The van der Waals surface area contributed by atoms with Crippen LogP contribution in [0.1, 0.15) is 41.5 Å². The molecule has 0 saturated carbocycles. The number of rotatable bonds is 1. The Morgan fingerprint density at radius 2 is 1.48 bits per heavy atom. The number of hydrogen-bond acceptors (Lipinski definition) is 5. The zero-order chi connectivity index (χ0) is 19.4. The van der Waals surface area contributed by atoms with Crippen LogP contribution in [0.2, 0.25) is 0 Å². The van der Waals surface area contributed by atoms with E-state index in [4.69, 9.17) is 14.9 Å². The van der Waals surface area contributed by atoms with Gasteiger partial charge in [0.05, 0.1) is 5.69 Å². The van der Waals surface area contributed by atoms with E-state index in [1.54, 1.807) is 65.8 Å². The van der Waals surface area contributed by atoms with Gasteiger partial charge in [-0.3, -0.25) is 10.7 Å². The maximum absolute atomic E-state index is 12.5. The van der Waals surface area contributed by atoms with Crippen molar-refractivity contribution >= 4 is 46.4 Å². The summed E-state index contributed by atoms with van der Waals surface area (Å²) in [7, 11) is 0. The van der Waals surface area contributed by atoms with Gasteiger partial charge in [-0.2, -0.15) is 0 Å². The van der Waals surface area contributed by atoms with Gasteiger partial charge in [-0.15, -0.1) is 0 Å². The highest BCUT2D eigenvalue weighted by molar-refractivity contribution is 14.1. The summed E-state index contributed by atoms with van der Waals surface area (Å²) in [6.45, 7) is 10.3. The van der Waals surface area contributed by atoms with Crippen molar-refractivity contribution in [2.45, 2.75) is 52.7 Å². The molecule has 0 fully saturated rings. The van der Waals surface area contributed by atoms with Crippen LogP contribution in [-0.4, -0.2) is 29.3 Å². The molecule has 0 unspecified atom stereocenters. The highest BCUT2D eigenvalue weighted by Crippen LogP contribution is 2.20. The molecular formula is C17H24IN3O4. The minimum absolute atomic E-state index is 0.399. The first kappa shape index (κ1) is 21.2. The van der Waals surface area contributed by atoms with Crippen molar-refractivity contribution < 1.29 is 19.1 Å². The molecule has 25 heavy (non-hydrogen) atoms. The summed E-state index contributed by atoms with van der Waals surface area (Å²) in [5.74, 6) is -0.454. The summed E-state index contributed by atoms with van der Waals surface area (Å²) in [5.41, 5.74) is -1.06. The number of benzene rings is 1. The number of carbonyl (C=O) groups is 2. The SMILES string of the molecule is CC(C)(C)OC(=O)NC(=N)N(C(=O)OC(C)(C)C)c1ccc(I)cc1. The fourth-order valence-electron chi connectivity index (χ4n) is 1.68. The fraction of sp³-hybridized carbons (Fsp3) is 0.471. The molecule has 0 saturated heterocycles. The van der Waals surface area contributed by atoms with Crippen LogP contribution in [0.15, 0.2) is 24.3 Å². The van der Waals surface area contributed by atoms with Gasteiger partial charge in [0.15, 0.2) is 0 Å². The lowest BCUT2D eigenvalue weighted by Crippen LogP contribution is -2.49. The monoisotopic (exact) mass is 461 g/mol. The number of ether oxygens (including phenoxy) is 2. The van der Waals surface area contributed by atoms with Crippen molar-refractivity contribution in [3.05, 3.63) is 27.8 Å². The molecule has 0 spiro atoms. The Hall–Kier alpha value is -1.84. The zero-order valence-electron chi connectivity index (χ0n) is 15.3. The van der Waals surface area contributed by atoms with E-state index in [0.717, 1.165) is 8.47 Å². The number of nitrogens with zero attached hydrogens (tertiary/aromatic N) is 1. The second-order valence-corrected chi connectivity index (χ2v) is 8.51. The Morgan fingerprint density at radius 1 is 1.00 bits per heavy atom. The van der Waals surface area contributed by atoms with E-state index in [-0.39, 0.29) is 0 Å². The minimum atomic E-state index is -0.823. The quantitative estimate of drug-likeness (QED) is 0.366. The van der Waals surface area contributed by atoms with Gasteiger partial charge in [0.1, 0.15) is 11.2 Å². The van der Waals surface area contributed by atoms with Crippen LogP contribution >= 0.6 is 22.6 Å². The Morgan fingerprint density at radius 3 is 1.92 bits per heavy atom. The Labute approximate surface area is 161 Å². The van der Waals surface area contributed by atoms with Crippen molar-refractivity contribution in [2.24, 2.45) is 0 Å². The molecule has 0 heterocycles. The Bertz CT molecular complexity index is 645. The van der Waals surface area contributed by atoms with E-state index in [1.807, 2.05) is 0 Å². The molecule has 7 nitrogen and oxygen atoms in total. The third-order valence-electron chi connectivity index (χ3n) is 2.50. The molecule has 0 aromatic heterocycles. The van der Waals surface area contributed by atoms with Gasteiger partial charge in [0.2, 0.25) is 5.96 Å². The van der Waals surface area contributed by atoms with Crippen LogP contribution in [0.5, 0.6) is 0 Å². The number of anilines is 1. The highest BCUT2D eigenvalue weighted by Gasteiger charge is 2.28. The lowest BCUT2D eigenvalue weighted by molar-refractivity contribution is 0.0559. The molecule has 138 valence electrons. The van der Waals surface area contributed by atoms with E-state index in [2.05, 4.69) is 27.9 Å². The molecule has 0 aliphatic heterocycles. The van der Waals surface area contributed by atoms with Crippen molar-refractivity contribution in [3.8, 4) is 0 Å². The van der Waals surface area contributed by atoms with Crippen molar-refractivity contribution in [2.75, 3.05) is 4.90 Å². The summed E-state index contributed by atoms with van der Waals surface area (Å²) in [5, 5.41) is 10.4. The second-order valence-electron chi connectivity index (χ2n) is 7.27. The molecule has 0 radical (unpaired) electrons. The predicted molar refractivity (Wildman–Crippen MR) is 105 cm³/mol. The van der Waals surface area contributed by atoms with Gasteiger partial charge in [0, 0.05) is 3.57 Å². The van der Waals surface area contributed by atoms with E-state index < -0.39 is 29.3 Å². The average Bonchev–Trinajstić information content (AvgIpc) is 2.36. The van der Waals surface area contributed by atoms with Gasteiger partial charge in [-0.25, -0.2) is 14.5 Å². The number of guanidine groups is 1. The molecule has 0 aliphatic rings. The van der Waals surface area contributed by atoms with E-state index in [9.17, 15) is 9.59 Å². The topological polar surface area (TPSA) is 91.7 Å². The van der Waals surface area contributed by atoms with Crippen LogP contribution in [0.25, 0.3) is 0 Å². The first-order valence-corrected chi connectivity index (χ1v) is 8.73. The average molecular weight is 461 g/mol. The highest BCUT2D eigenvalue weighted by atomic mass is 127. The molecule has 8 heteroatoms. The van der Waals surface area contributed by atoms with Crippen LogP contribution in [0, 0.1) is 8.98 Å². The maximum Gasteiger partial charge on any atom is 0.421 e. The third-order valence-corrected chi connectivity index (χ3v) is 3.22. The van der Waals surface area contributed by atoms with Gasteiger partial charge in [0.25, 0.3) is 0 Å². The molecule has 2 amide bonds. The van der Waals surface area contributed by atoms with Crippen molar-refractivity contribution in [3.63, 3.8) is 0 Å². The van der Waals surface area contributed by atoms with E-state index in [1.165, 1.54) is 0 Å². The first-order chi connectivity index (χ1) is 11.3. The van der Waals surface area contributed by atoms with Crippen LogP contribution in [0.3, 0.4) is 0 Å². The molecule has 0 atom stereocenters. The Kier molecular flexibility index (Phi) is 6.81. The molecule has 0 aliphatic carbocycles. The summed E-state index contributed by atoms with van der Waals surface area (Å²) in [6, 6.07) is 6.90. The number of alkyl carbamates (subject to hydrolysis) is 1. The fourth-order valence-corrected chi connectivity index (χ4v) is 2.04. The number of carbonyl (C=O) groups excluding carboxylic acids is 2. The summed E-state index contributed by atoms with van der Waals surface area (Å²) >= 11 is 2.13. The normalized spacial score (nSPS) is 11.5. The molecule has 0 bridgehead atoms. The predicted octanol–water partition coefficient (Wildman–Crippen LogP) is 4.49. The number of nitrogens with one attached hydrogen (secondary N) is 2. The van der Waals surface area contributed by atoms with Gasteiger partial charge >= 0.3 is 12.2 Å². The smallest absolute Gasteiger partial charge is 0.421 e. The molecule has 1 aromatic rings. The third kappa shape index (κ3) is 7.72. The van der Waals surface area contributed by atoms with Crippen molar-refractivity contribution in [1.82, 2.24) is 5.32 Å². The van der Waals surface area contributed by atoms with Gasteiger partial charge in [-0.1, -0.05) is 0 Å². The second kappa shape index (κ2) is 8.03. The van der Waals surface area contributed by atoms with E-state index >= 15 is 0 Å². The Balaban J connectivity index is 3.05. The summed E-state index contributed by atoms with van der Waals surface area (Å²) in [4.78, 5) is 25.4. The van der Waals surface area contributed by atoms with Crippen molar-refractivity contribution in [1.29, 1.82) is 5.41 Å². The standard InChI is InChI=1S/C17H24IN3O4/c1-16(2,3)24-14(22)20-13(19)21(15(23)25-17(4,5)6)12-9-7-11(18)8-10-12/h7-10H,1-6H3,(H2,19,20,22). The van der Waals surface area contributed by atoms with E-state index in [0.29, 0.717) is 5.69 Å². The van der Waals surface area contributed by atoms with Crippen LogP contribution in [0.4, 0.5) is 15.3 Å². The molecule has 2 N–H and O–H groups in total. The number of halogens is 1. The number of amides is 2. The molecular weight excluding hydrogens is 437 g/mol. The molecule has 1 aromatic carbocycles. The maximum atomic E-state index is 12.5. The first-order valence-electron chi connectivity index (χ1n) is 7.66. The zero-order valence-corrected chi connectivity index (χ0v) is 17.4. The largest absolute Gasteiger partial charge is 0.444 e. The molecule has 1 rings (SSSR count). The number of hydrogen-bond donors (Lipinski definition) is 2. The van der Waals surface area contributed by atoms with Crippen LogP contribution in [-0.2, 0) is 9.47 Å². The summed E-state index contributed by atoms with van der Waals surface area (Å²) < 4.78 is 11.4. The summed E-state index contributed by atoms with van der Waals surface area (Å²) in [6.07, 6.45) is -1.59. The lowest BCUT2D eigenvalue weighted by Gasteiger charge is -2.28.